The minimum absolute atomic E-state index is 0.00677. The third-order valence-corrected chi connectivity index (χ3v) is 9.80. The van der Waals surface area contributed by atoms with E-state index in [0.717, 1.165) is 29.5 Å². The molecule has 10 heteroatoms. The second kappa shape index (κ2) is 12.4. The summed E-state index contributed by atoms with van der Waals surface area (Å²) in [5.41, 5.74) is 2.29. The molecule has 0 bridgehead atoms. The lowest BCUT2D eigenvalue weighted by atomic mass is 9.66. The summed E-state index contributed by atoms with van der Waals surface area (Å²) in [5, 5.41) is 0. The number of methoxy groups -OCH3 is 3. The Kier molecular flexibility index (Phi) is 8.55. The second-order valence-corrected chi connectivity index (χ2v) is 12.7. The lowest BCUT2D eigenvalue weighted by Gasteiger charge is -2.39. The number of carbonyl (C=O) groups excluding carboxylic acids is 2. The predicted octanol–water partition coefficient (Wildman–Crippen LogP) is 5.44. The number of hydrogen-bond acceptors (Lipinski definition) is 10. The molecule has 0 radical (unpaired) electrons. The Labute approximate surface area is 258 Å². The molecule has 7 unspecified atom stereocenters. The van der Waals surface area contributed by atoms with Crippen LogP contribution in [0.15, 0.2) is 24.3 Å². The molecule has 44 heavy (non-hydrogen) atoms. The van der Waals surface area contributed by atoms with Crippen molar-refractivity contribution in [2.45, 2.75) is 58.2 Å². The molecule has 2 aromatic carbocycles. The van der Waals surface area contributed by atoms with Crippen LogP contribution in [0.25, 0.3) is 0 Å². The van der Waals surface area contributed by atoms with Gasteiger partial charge in [0.05, 0.1) is 40.0 Å². The molecule has 7 atom stereocenters. The van der Waals surface area contributed by atoms with Gasteiger partial charge in [-0.2, -0.15) is 0 Å². The fourth-order valence-corrected chi connectivity index (χ4v) is 7.60. The van der Waals surface area contributed by atoms with Crippen LogP contribution in [-0.2, 0) is 23.8 Å². The average Bonchev–Trinajstić information content (AvgIpc) is 3.64. The molecule has 2 aromatic rings. The number of hydrogen-bond donors (Lipinski definition) is 0. The van der Waals surface area contributed by atoms with Crippen LogP contribution in [0.1, 0.15) is 68.7 Å². The lowest BCUT2D eigenvalue weighted by Crippen LogP contribution is -2.38. The van der Waals surface area contributed by atoms with Gasteiger partial charge in [-0.15, -0.1) is 0 Å². The van der Waals surface area contributed by atoms with Crippen molar-refractivity contribution in [2.75, 3.05) is 41.3 Å². The first-order chi connectivity index (χ1) is 21.2. The van der Waals surface area contributed by atoms with Gasteiger partial charge in [0.25, 0.3) is 0 Å². The highest BCUT2D eigenvalue weighted by atomic mass is 16.7. The number of rotatable bonds is 9. The van der Waals surface area contributed by atoms with E-state index in [-0.39, 0.29) is 32.1 Å². The maximum Gasteiger partial charge on any atom is 0.332 e. The highest BCUT2D eigenvalue weighted by molar-refractivity contribution is 5.79. The van der Waals surface area contributed by atoms with E-state index < -0.39 is 29.8 Å². The van der Waals surface area contributed by atoms with E-state index in [0.29, 0.717) is 46.5 Å². The molecule has 0 N–H and O–H groups in total. The zero-order valence-corrected chi connectivity index (χ0v) is 26.3. The molecule has 6 rings (SSSR count). The zero-order valence-electron chi connectivity index (χ0n) is 26.3. The third kappa shape index (κ3) is 5.42. The maximum absolute atomic E-state index is 13.4. The van der Waals surface area contributed by atoms with E-state index >= 15 is 0 Å². The molecule has 2 fully saturated rings. The van der Waals surface area contributed by atoms with Gasteiger partial charge >= 0.3 is 11.9 Å². The first-order valence-corrected chi connectivity index (χ1v) is 15.4. The second-order valence-electron chi connectivity index (χ2n) is 12.7. The standard InChI is InChI=1S/C34H42O10/c1-17(2)20-8-7-18(3)9-24(20)40-15-29(35)44-32-22-13-26-25(42-16-43-26)12-21(22)30(31-23(32)14-41-34(31)36)19-10-27(37-4)33(39-6)28(11-19)38-5/h10-13,17-18,20,23-24,30-32H,7-9,14-16H2,1-6H3. The van der Waals surface area contributed by atoms with Crippen LogP contribution in [-0.4, -0.2) is 59.4 Å². The van der Waals surface area contributed by atoms with Gasteiger partial charge in [0.1, 0.15) is 12.7 Å². The smallest absolute Gasteiger partial charge is 0.332 e. The Morgan fingerprint density at radius 1 is 0.932 bits per heavy atom. The first-order valence-electron chi connectivity index (χ1n) is 15.4. The molecule has 1 saturated carbocycles. The van der Waals surface area contributed by atoms with Gasteiger partial charge in [0.15, 0.2) is 23.0 Å². The average molecular weight is 611 g/mol. The molecule has 0 spiro atoms. The van der Waals surface area contributed by atoms with Gasteiger partial charge in [-0.3, -0.25) is 4.79 Å². The van der Waals surface area contributed by atoms with Crippen LogP contribution in [0.3, 0.4) is 0 Å². The van der Waals surface area contributed by atoms with E-state index in [1.54, 1.807) is 21.3 Å². The van der Waals surface area contributed by atoms with Gasteiger partial charge < -0.3 is 37.9 Å². The van der Waals surface area contributed by atoms with E-state index in [9.17, 15) is 9.59 Å². The molecule has 238 valence electrons. The fraction of sp³-hybridized carbons (Fsp3) is 0.588. The van der Waals surface area contributed by atoms with Crippen molar-refractivity contribution < 1.29 is 47.5 Å². The largest absolute Gasteiger partial charge is 0.493 e. The van der Waals surface area contributed by atoms with E-state index in [1.807, 2.05) is 24.3 Å². The number of ether oxygens (including phenoxy) is 8. The molecule has 2 heterocycles. The van der Waals surface area contributed by atoms with Gasteiger partial charge in [-0.25, -0.2) is 4.79 Å². The normalized spacial score (nSPS) is 28.6. The molecule has 1 saturated heterocycles. The third-order valence-electron chi connectivity index (χ3n) is 9.80. The summed E-state index contributed by atoms with van der Waals surface area (Å²) in [7, 11) is 4.65. The van der Waals surface area contributed by atoms with Crippen LogP contribution in [0, 0.1) is 29.6 Å². The molecular formula is C34H42O10. The Bertz CT molecular complexity index is 1380. The van der Waals surface area contributed by atoms with E-state index in [1.165, 1.54) is 6.42 Å². The topological polar surface area (TPSA) is 108 Å². The summed E-state index contributed by atoms with van der Waals surface area (Å²) < 4.78 is 46.4. The summed E-state index contributed by atoms with van der Waals surface area (Å²) in [6, 6.07) is 7.43. The summed E-state index contributed by atoms with van der Waals surface area (Å²) >= 11 is 0. The van der Waals surface area contributed by atoms with Crippen molar-refractivity contribution in [2.24, 2.45) is 29.6 Å². The quantitative estimate of drug-likeness (QED) is 0.341. The van der Waals surface area contributed by atoms with Crippen LogP contribution in [0.4, 0.5) is 0 Å². The van der Waals surface area contributed by atoms with Gasteiger partial charge in [0, 0.05) is 17.4 Å². The number of esters is 2. The number of benzene rings is 2. The Balaban J connectivity index is 1.35. The highest BCUT2D eigenvalue weighted by Gasteiger charge is 2.54. The molecule has 2 aliphatic carbocycles. The van der Waals surface area contributed by atoms with Crippen LogP contribution in [0.2, 0.25) is 0 Å². The summed E-state index contributed by atoms with van der Waals surface area (Å²) in [6.07, 6.45) is 2.46. The predicted molar refractivity (Wildman–Crippen MR) is 158 cm³/mol. The van der Waals surface area contributed by atoms with E-state index in [4.69, 9.17) is 37.9 Å². The molecule has 0 amide bonds. The molecule has 2 aliphatic heterocycles. The fourth-order valence-electron chi connectivity index (χ4n) is 7.60. The van der Waals surface area contributed by atoms with Crippen molar-refractivity contribution in [1.82, 2.24) is 0 Å². The summed E-state index contributed by atoms with van der Waals surface area (Å²) in [6.45, 7) is 6.69. The van der Waals surface area contributed by atoms with Crippen molar-refractivity contribution in [3.8, 4) is 28.7 Å². The van der Waals surface area contributed by atoms with Crippen molar-refractivity contribution >= 4 is 11.9 Å². The van der Waals surface area contributed by atoms with E-state index in [2.05, 4.69) is 20.8 Å². The highest BCUT2D eigenvalue weighted by Crippen LogP contribution is 2.56. The molecule has 10 nitrogen and oxygen atoms in total. The van der Waals surface area contributed by atoms with Crippen molar-refractivity contribution in [3.05, 3.63) is 41.0 Å². The Morgan fingerprint density at radius 3 is 2.25 bits per heavy atom. The monoisotopic (exact) mass is 610 g/mol. The van der Waals surface area contributed by atoms with Gasteiger partial charge in [-0.05, 0) is 66.0 Å². The first kappa shape index (κ1) is 30.4. The summed E-state index contributed by atoms with van der Waals surface area (Å²) in [4.78, 5) is 26.9. The molecule has 4 aliphatic rings. The minimum Gasteiger partial charge on any atom is -0.493 e. The zero-order chi connectivity index (χ0) is 31.1. The number of cyclic esters (lactones) is 1. The molecular weight excluding hydrogens is 568 g/mol. The molecule has 0 aromatic heterocycles. The number of carbonyl (C=O) groups is 2. The van der Waals surface area contributed by atoms with Crippen molar-refractivity contribution in [3.63, 3.8) is 0 Å². The van der Waals surface area contributed by atoms with Crippen LogP contribution < -0.4 is 23.7 Å². The Hall–Kier alpha value is -3.66. The summed E-state index contributed by atoms with van der Waals surface area (Å²) in [5.74, 6) is 1.57. The maximum atomic E-state index is 13.4. The lowest BCUT2D eigenvalue weighted by molar-refractivity contribution is -0.164. The SMILES string of the molecule is COc1cc(C2c3cc4c(cc3C(OC(=O)COC3CC(C)CCC3C(C)C)C3COC(=O)C23)OCO4)cc(OC)c1OC. The van der Waals surface area contributed by atoms with Gasteiger partial charge in [0.2, 0.25) is 12.5 Å². The minimum atomic E-state index is -0.739. The van der Waals surface area contributed by atoms with Crippen molar-refractivity contribution in [1.29, 1.82) is 0 Å². The Morgan fingerprint density at radius 2 is 1.61 bits per heavy atom. The van der Waals surface area contributed by atoms with Gasteiger partial charge in [-0.1, -0.05) is 27.2 Å². The van der Waals surface area contributed by atoms with Crippen LogP contribution in [0.5, 0.6) is 28.7 Å². The van der Waals surface area contributed by atoms with Crippen LogP contribution >= 0.6 is 0 Å². The number of fused-ring (bicyclic) bond motifs is 3.